The molecule has 1 saturated heterocycles. The summed E-state index contributed by atoms with van der Waals surface area (Å²) >= 11 is 0. The molecule has 0 radical (unpaired) electrons. The van der Waals surface area contributed by atoms with Crippen LogP contribution in [0, 0.1) is 34.5 Å². The Labute approximate surface area is 133 Å². The van der Waals surface area contributed by atoms with Gasteiger partial charge in [-0.2, -0.15) is 0 Å². The minimum atomic E-state index is -0.106. The molecule has 0 amide bonds. The van der Waals surface area contributed by atoms with Crippen LogP contribution >= 0.6 is 0 Å². The van der Waals surface area contributed by atoms with Crippen molar-refractivity contribution in [3.63, 3.8) is 0 Å². The highest BCUT2D eigenvalue weighted by molar-refractivity contribution is 5.71. The number of carbonyl (C=O) groups is 1. The molecular weight excluding hydrogens is 276 g/mol. The number of cyclic esters (lactones) is 1. The summed E-state index contributed by atoms with van der Waals surface area (Å²) in [5, 5.41) is 10.5. The summed E-state index contributed by atoms with van der Waals surface area (Å²) in [6.45, 7) is 6.83. The number of fused-ring (bicyclic) bond motifs is 5. The van der Waals surface area contributed by atoms with Crippen molar-refractivity contribution in [2.24, 2.45) is 34.5 Å². The number of aliphatic hydroxyl groups excluding tert-OH is 1. The molecule has 8 atom stereocenters. The topological polar surface area (TPSA) is 46.5 Å². The molecular formula is C19H30O3. The number of carbonyl (C=O) groups excluding carboxylic acids is 1. The predicted octanol–water partition coefficient (Wildman–Crippen LogP) is 3.54. The third-order valence-corrected chi connectivity index (χ3v) is 8.51. The van der Waals surface area contributed by atoms with Crippen molar-refractivity contribution >= 4 is 5.97 Å². The Balaban J connectivity index is 1.67. The number of ether oxygens (including phenoxy) is 1. The van der Waals surface area contributed by atoms with Gasteiger partial charge in [0.2, 0.25) is 0 Å². The summed E-state index contributed by atoms with van der Waals surface area (Å²) in [5.74, 6) is 2.56. The van der Waals surface area contributed by atoms with Crippen LogP contribution in [0.5, 0.6) is 0 Å². The van der Waals surface area contributed by atoms with Crippen molar-refractivity contribution in [2.75, 3.05) is 0 Å². The lowest BCUT2D eigenvalue weighted by molar-refractivity contribution is -0.201. The predicted molar refractivity (Wildman–Crippen MR) is 84.1 cm³/mol. The molecule has 3 heteroatoms. The minimum absolute atomic E-state index is 0.00496. The first kappa shape index (κ1) is 15.0. The number of esters is 1. The van der Waals surface area contributed by atoms with Gasteiger partial charge in [-0.1, -0.05) is 13.8 Å². The van der Waals surface area contributed by atoms with E-state index in [0.29, 0.717) is 24.2 Å². The lowest BCUT2D eigenvalue weighted by atomic mass is 9.46. The van der Waals surface area contributed by atoms with Crippen molar-refractivity contribution in [1.29, 1.82) is 0 Å². The minimum Gasteiger partial charge on any atom is -0.462 e. The number of hydrogen-bond acceptors (Lipinski definition) is 3. The van der Waals surface area contributed by atoms with Crippen molar-refractivity contribution in [3.05, 3.63) is 0 Å². The van der Waals surface area contributed by atoms with Crippen LogP contribution in [-0.4, -0.2) is 23.3 Å². The van der Waals surface area contributed by atoms with E-state index in [1.165, 1.54) is 25.7 Å². The first-order valence-corrected chi connectivity index (χ1v) is 9.25. The molecule has 22 heavy (non-hydrogen) atoms. The molecule has 1 N–H and O–H groups in total. The van der Waals surface area contributed by atoms with E-state index >= 15 is 0 Å². The van der Waals surface area contributed by atoms with Gasteiger partial charge in [-0.15, -0.1) is 0 Å². The van der Waals surface area contributed by atoms with Gasteiger partial charge in [0.15, 0.2) is 0 Å². The molecule has 3 nitrogen and oxygen atoms in total. The first-order valence-electron chi connectivity index (χ1n) is 9.25. The Hall–Kier alpha value is -0.570. The monoisotopic (exact) mass is 306 g/mol. The second-order valence-corrected chi connectivity index (χ2v) is 8.99. The van der Waals surface area contributed by atoms with Gasteiger partial charge in [0.1, 0.15) is 6.10 Å². The van der Waals surface area contributed by atoms with E-state index in [-0.39, 0.29) is 29.0 Å². The van der Waals surface area contributed by atoms with E-state index in [0.717, 1.165) is 18.8 Å². The van der Waals surface area contributed by atoms with Crippen molar-refractivity contribution < 1.29 is 14.6 Å². The fourth-order valence-corrected chi connectivity index (χ4v) is 6.97. The Morgan fingerprint density at radius 2 is 1.86 bits per heavy atom. The van der Waals surface area contributed by atoms with Crippen LogP contribution in [-0.2, 0) is 9.53 Å². The molecule has 1 aliphatic heterocycles. The summed E-state index contributed by atoms with van der Waals surface area (Å²) in [5.41, 5.74) is 0.282. The Morgan fingerprint density at radius 1 is 1.09 bits per heavy atom. The zero-order valence-electron chi connectivity index (χ0n) is 14.2. The molecule has 4 rings (SSSR count). The summed E-state index contributed by atoms with van der Waals surface area (Å²) < 4.78 is 5.68. The van der Waals surface area contributed by atoms with E-state index in [1.54, 1.807) is 0 Å². The summed E-state index contributed by atoms with van der Waals surface area (Å²) in [4.78, 5) is 11.9. The highest BCUT2D eigenvalue weighted by atomic mass is 16.5. The van der Waals surface area contributed by atoms with Gasteiger partial charge in [-0.05, 0) is 74.5 Å². The smallest absolute Gasteiger partial charge is 0.306 e. The molecule has 124 valence electrons. The molecule has 1 unspecified atom stereocenters. The maximum absolute atomic E-state index is 11.9. The summed E-state index contributed by atoms with van der Waals surface area (Å²) in [6, 6.07) is 0. The maximum atomic E-state index is 11.9. The Morgan fingerprint density at radius 3 is 2.64 bits per heavy atom. The molecule has 4 fully saturated rings. The van der Waals surface area contributed by atoms with Gasteiger partial charge in [0.05, 0.1) is 6.10 Å². The van der Waals surface area contributed by atoms with Crippen LogP contribution in [0.3, 0.4) is 0 Å². The maximum Gasteiger partial charge on any atom is 0.306 e. The molecule has 0 bridgehead atoms. The number of aliphatic hydroxyl groups is 1. The van der Waals surface area contributed by atoms with Crippen LogP contribution in [0.4, 0.5) is 0 Å². The second kappa shape index (κ2) is 4.72. The van der Waals surface area contributed by atoms with E-state index in [9.17, 15) is 9.90 Å². The van der Waals surface area contributed by atoms with Crippen LogP contribution in [0.25, 0.3) is 0 Å². The normalized spacial score (nSPS) is 57.5. The van der Waals surface area contributed by atoms with Gasteiger partial charge in [0, 0.05) is 11.8 Å². The Kier molecular flexibility index (Phi) is 3.21. The SMILES string of the molecule is CC1OC(=O)C[C@@H]2CC[C@H]3[C@@H]4CC[C@H](O)[C@@]4(C)CC[C@@H]3[C@@]12C. The van der Waals surface area contributed by atoms with Gasteiger partial charge >= 0.3 is 5.97 Å². The zero-order chi connectivity index (χ0) is 15.7. The van der Waals surface area contributed by atoms with Gasteiger partial charge in [-0.25, -0.2) is 0 Å². The van der Waals surface area contributed by atoms with Gasteiger partial charge in [0.25, 0.3) is 0 Å². The molecule has 0 aromatic carbocycles. The van der Waals surface area contributed by atoms with E-state index in [2.05, 4.69) is 20.8 Å². The quantitative estimate of drug-likeness (QED) is 0.696. The van der Waals surface area contributed by atoms with Crippen LogP contribution in [0.15, 0.2) is 0 Å². The molecule has 3 saturated carbocycles. The van der Waals surface area contributed by atoms with Crippen LogP contribution < -0.4 is 0 Å². The fourth-order valence-electron chi connectivity index (χ4n) is 6.97. The van der Waals surface area contributed by atoms with E-state index in [1.807, 2.05) is 0 Å². The molecule has 1 heterocycles. The third kappa shape index (κ3) is 1.75. The lowest BCUT2D eigenvalue weighted by Crippen LogP contribution is -2.59. The van der Waals surface area contributed by atoms with Gasteiger partial charge < -0.3 is 9.84 Å². The first-order chi connectivity index (χ1) is 10.4. The summed E-state index contributed by atoms with van der Waals surface area (Å²) in [7, 11) is 0. The van der Waals surface area contributed by atoms with Gasteiger partial charge in [-0.3, -0.25) is 4.79 Å². The van der Waals surface area contributed by atoms with Crippen LogP contribution in [0.2, 0.25) is 0 Å². The van der Waals surface area contributed by atoms with Crippen LogP contribution in [0.1, 0.15) is 65.7 Å². The molecule has 0 spiro atoms. The Bertz CT molecular complexity index is 489. The van der Waals surface area contributed by atoms with Crippen molar-refractivity contribution in [1.82, 2.24) is 0 Å². The molecule has 4 aliphatic rings. The highest BCUT2D eigenvalue weighted by Gasteiger charge is 2.62. The lowest BCUT2D eigenvalue weighted by Gasteiger charge is -2.61. The van der Waals surface area contributed by atoms with Crippen molar-refractivity contribution in [3.8, 4) is 0 Å². The second-order valence-electron chi connectivity index (χ2n) is 8.99. The average Bonchev–Trinajstić information content (AvgIpc) is 2.77. The number of rotatable bonds is 0. The average molecular weight is 306 g/mol. The molecule has 3 aliphatic carbocycles. The fraction of sp³-hybridized carbons (Fsp3) is 0.947. The largest absolute Gasteiger partial charge is 0.462 e. The summed E-state index contributed by atoms with van der Waals surface area (Å²) in [6.07, 6.45) is 7.48. The third-order valence-electron chi connectivity index (χ3n) is 8.51. The van der Waals surface area contributed by atoms with E-state index < -0.39 is 0 Å². The molecule has 0 aromatic rings. The highest BCUT2D eigenvalue weighted by Crippen LogP contribution is 2.65. The molecule has 0 aromatic heterocycles. The number of hydrogen-bond donors (Lipinski definition) is 1. The van der Waals surface area contributed by atoms with Crippen molar-refractivity contribution in [2.45, 2.75) is 77.9 Å². The zero-order valence-corrected chi connectivity index (χ0v) is 14.2. The van der Waals surface area contributed by atoms with E-state index in [4.69, 9.17) is 4.74 Å². The standard InChI is InChI=1S/C19H30O3/c1-11-19(3)12(10-17(21)22-11)4-5-13-14-6-7-16(20)18(14,2)9-8-15(13)19/h11-16,20H,4-10H2,1-3H3/t11?,12-,13-,14-,15-,16-,18-,19-/m0/s1.